The van der Waals surface area contributed by atoms with E-state index in [1.807, 2.05) is 18.3 Å². The van der Waals surface area contributed by atoms with Crippen LogP contribution in [-0.4, -0.2) is 18.0 Å². The van der Waals surface area contributed by atoms with Gasteiger partial charge in [-0.2, -0.15) is 0 Å². The van der Waals surface area contributed by atoms with E-state index in [-0.39, 0.29) is 26.0 Å². The Morgan fingerprint density at radius 2 is 1.19 bits per heavy atom. The minimum Gasteiger partial charge on any atom is -0.500 e. The Balaban J connectivity index is 0.000000177. The normalized spacial score (nSPS) is 13.3. The molecular formula is C64H58IrN2OSi-2. The maximum Gasteiger partial charge on any atom is 0.121 e. The standard InChI is InChI=1S/C37H26NO.C27H32NSi.Ir/c1-25(26-10-4-2-5-11-26)28-20-21-38-35(23-28)30-17-19-36-34(22-30)33-18-16-29(24-37(33)39-36)32-15-9-8-14-31(32)27-12-6-3-7-13-27;1-29(2,3)27-20-28-26(19-25(27)18-21-10-6-4-7-11-21)24-16-14-23(15-17-24)22-12-8-5-9-13-22;/h2-16,18-25H,1H3;5,8-9,12-16,19-21H,4,6-7,10-11,18H2,1-3H3;/q2*-1;. The molecule has 1 radical (unpaired) electrons. The predicted molar refractivity (Wildman–Crippen MR) is 288 cm³/mol. The van der Waals surface area contributed by atoms with E-state index in [9.17, 15) is 0 Å². The molecule has 0 amide bonds. The number of nitrogens with zero attached hydrogens (tertiary/aromatic N) is 2. The van der Waals surface area contributed by atoms with Gasteiger partial charge in [0.2, 0.25) is 0 Å². The third-order valence-electron chi connectivity index (χ3n) is 13.8. The minimum atomic E-state index is -1.41. The molecule has 1 aliphatic carbocycles. The molecule has 0 spiro atoms. The molecule has 1 atom stereocenters. The zero-order valence-corrected chi connectivity index (χ0v) is 43.4. The molecule has 69 heavy (non-hydrogen) atoms. The van der Waals surface area contributed by atoms with Crippen molar-refractivity contribution in [1.82, 2.24) is 9.97 Å². The molecule has 0 N–H and O–H groups in total. The summed E-state index contributed by atoms with van der Waals surface area (Å²) >= 11 is 0. The largest absolute Gasteiger partial charge is 0.500 e. The van der Waals surface area contributed by atoms with Crippen LogP contribution in [0, 0.1) is 18.1 Å². The number of fused-ring (bicyclic) bond motifs is 3. The molecule has 0 aliphatic heterocycles. The van der Waals surface area contributed by atoms with E-state index >= 15 is 0 Å². The molecule has 3 aromatic heterocycles. The maximum atomic E-state index is 6.32. The van der Waals surface area contributed by atoms with Crippen LogP contribution in [0.2, 0.25) is 19.6 Å². The summed E-state index contributed by atoms with van der Waals surface area (Å²) in [7, 11) is -1.41. The SMILES string of the molecule is CC(c1ccccc1)c1ccnc(-c2[c-]cc3oc4cc(-c5ccccc5-c5ccccc5)ccc4c3c2)c1.C[Si](C)(C)c1cnc(-c2[c-]cc(-c3ccccc3)cc2)cc1CC1CCCCC1.[Ir]. The van der Waals surface area contributed by atoms with E-state index < -0.39 is 8.07 Å². The molecule has 1 saturated carbocycles. The molecule has 3 heterocycles. The summed E-state index contributed by atoms with van der Waals surface area (Å²) in [6, 6.07) is 70.7. The fourth-order valence-corrected chi connectivity index (χ4v) is 11.6. The van der Waals surface area contributed by atoms with Crippen LogP contribution in [0.4, 0.5) is 0 Å². The number of aromatic nitrogens is 2. The van der Waals surface area contributed by atoms with Crippen molar-refractivity contribution in [2.75, 3.05) is 0 Å². The molecule has 1 fully saturated rings. The third kappa shape index (κ3) is 10.9. The van der Waals surface area contributed by atoms with Gasteiger partial charge < -0.3 is 14.4 Å². The summed E-state index contributed by atoms with van der Waals surface area (Å²) in [6.07, 6.45) is 12.3. The van der Waals surface area contributed by atoms with Crippen LogP contribution < -0.4 is 5.19 Å². The molecule has 5 heteroatoms. The van der Waals surface area contributed by atoms with Gasteiger partial charge in [-0.3, -0.25) is 0 Å². The first-order valence-corrected chi connectivity index (χ1v) is 27.9. The average Bonchev–Trinajstić information content (AvgIpc) is 3.77. The molecule has 7 aromatic carbocycles. The summed E-state index contributed by atoms with van der Waals surface area (Å²) in [6.45, 7) is 9.55. The second kappa shape index (κ2) is 21.4. The Morgan fingerprint density at radius 3 is 1.88 bits per heavy atom. The zero-order valence-electron chi connectivity index (χ0n) is 40.0. The van der Waals surface area contributed by atoms with Gasteiger partial charge in [0.25, 0.3) is 0 Å². The zero-order chi connectivity index (χ0) is 46.5. The Kier molecular flexibility index (Phi) is 14.8. The van der Waals surface area contributed by atoms with Crippen LogP contribution in [-0.2, 0) is 26.5 Å². The first-order chi connectivity index (χ1) is 33.2. The Morgan fingerprint density at radius 1 is 0.551 bits per heavy atom. The molecule has 1 unspecified atom stereocenters. The van der Waals surface area contributed by atoms with Crippen molar-refractivity contribution in [1.29, 1.82) is 0 Å². The summed E-state index contributed by atoms with van der Waals surface area (Å²) in [5.74, 6) is 1.13. The van der Waals surface area contributed by atoms with Gasteiger partial charge in [0.1, 0.15) is 5.58 Å². The number of rotatable bonds is 10. The monoisotopic (exact) mass is 1090 g/mol. The van der Waals surface area contributed by atoms with Gasteiger partial charge in [-0.05, 0) is 74.4 Å². The van der Waals surface area contributed by atoms with Crippen molar-refractivity contribution in [3.63, 3.8) is 0 Å². The van der Waals surface area contributed by atoms with E-state index in [4.69, 9.17) is 9.40 Å². The summed E-state index contributed by atoms with van der Waals surface area (Å²) in [4.78, 5) is 9.56. The van der Waals surface area contributed by atoms with Crippen LogP contribution in [0.1, 0.15) is 61.6 Å². The van der Waals surface area contributed by atoms with Crippen LogP contribution >= 0.6 is 0 Å². The van der Waals surface area contributed by atoms with Crippen molar-refractivity contribution in [3.8, 4) is 55.9 Å². The van der Waals surface area contributed by atoms with E-state index in [1.54, 1.807) is 5.56 Å². The van der Waals surface area contributed by atoms with Crippen LogP contribution in [0.15, 0.2) is 199 Å². The van der Waals surface area contributed by atoms with Gasteiger partial charge in [-0.15, -0.1) is 53.6 Å². The number of benzene rings is 7. The van der Waals surface area contributed by atoms with Crippen LogP contribution in [0.3, 0.4) is 0 Å². The van der Waals surface area contributed by atoms with Gasteiger partial charge in [0.15, 0.2) is 0 Å². The first kappa shape index (κ1) is 47.6. The number of pyridine rings is 2. The van der Waals surface area contributed by atoms with Crippen molar-refractivity contribution in [3.05, 3.63) is 223 Å². The summed E-state index contributed by atoms with van der Waals surface area (Å²) < 4.78 is 6.32. The van der Waals surface area contributed by atoms with Gasteiger partial charge in [-0.25, -0.2) is 0 Å². The molecule has 0 saturated heterocycles. The Labute approximate surface area is 423 Å². The topological polar surface area (TPSA) is 38.9 Å². The van der Waals surface area contributed by atoms with E-state index in [0.717, 1.165) is 55.9 Å². The van der Waals surface area contributed by atoms with Gasteiger partial charge in [0, 0.05) is 43.8 Å². The van der Waals surface area contributed by atoms with E-state index in [0.29, 0.717) is 0 Å². The number of hydrogen-bond donors (Lipinski definition) is 0. The van der Waals surface area contributed by atoms with Gasteiger partial charge in [0.05, 0.1) is 13.7 Å². The van der Waals surface area contributed by atoms with Crippen molar-refractivity contribution >= 4 is 35.2 Å². The minimum absolute atomic E-state index is 0. The molecule has 3 nitrogen and oxygen atoms in total. The van der Waals surface area contributed by atoms with Crippen LogP contribution in [0.25, 0.3) is 77.8 Å². The molecule has 10 aromatic rings. The first-order valence-electron chi connectivity index (χ1n) is 24.4. The van der Waals surface area contributed by atoms with Crippen molar-refractivity contribution in [2.24, 2.45) is 5.92 Å². The number of furan rings is 1. The number of hydrogen-bond acceptors (Lipinski definition) is 3. The fourth-order valence-electron chi connectivity index (χ4n) is 10.0. The van der Waals surface area contributed by atoms with Crippen molar-refractivity contribution in [2.45, 2.75) is 71.0 Å². The third-order valence-corrected chi connectivity index (χ3v) is 15.9. The second-order valence-corrected chi connectivity index (χ2v) is 24.5. The second-order valence-electron chi connectivity index (χ2n) is 19.5. The average molecular weight is 1090 g/mol. The van der Waals surface area contributed by atoms with Gasteiger partial charge in [-0.1, -0.05) is 220 Å². The van der Waals surface area contributed by atoms with Crippen LogP contribution in [0.5, 0.6) is 0 Å². The molecule has 1 aliphatic rings. The van der Waals surface area contributed by atoms with Crippen molar-refractivity contribution < 1.29 is 24.5 Å². The van der Waals surface area contributed by atoms with E-state index in [1.165, 1.54) is 82.7 Å². The maximum absolute atomic E-state index is 6.32. The summed E-state index contributed by atoms with van der Waals surface area (Å²) in [5.41, 5.74) is 17.0. The van der Waals surface area contributed by atoms with Gasteiger partial charge >= 0.3 is 0 Å². The quantitative estimate of drug-likeness (QED) is 0.101. The Bertz CT molecular complexity index is 3280. The molecule has 11 rings (SSSR count). The molecular weight excluding hydrogens is 1030 g/mol. The van der Waals surface area contributed by atoms with E-state index in [2.05, 4.69) is 220 Å². The fraction of sp³-hybridized carbons (Fsp3) is 0.188. The smallest absolute Gasteiger partial charge is 0.121 e. The Hall–Kier alpha value is -6.49. The predicted octanol–water partition coefficient (Wildman–Crippen LogP) is 16.8. The molecule has 345 valence electrons. The molecule has 0 bridgehead atoms. The summed E-state index contributed by atoms with van der Waals surface area (Å²) in [5, 5.41) is 3.70.